The molecule has 5 rings (SSSR count). The fourth-order valence-electron chi connectivity index (χ4n) is 6.78. The van der Waals surface area contributed by atoms with Crippen molar-refractivity contribution in [1.82, 2.24) is 0 Å². The van der Waals surface area contributed by atoms with Crippen molar-refractivity contribution in [2.75, 3.05) is 12.0 Å². The first kappa shape index (κ1) is 19.7. The van der Waals surface area contributed by atoms with Crippen molar-refractivity contribution >= 4 is 22.7 Å². The second-order valence-corrected chi connectivity index (χ2v) is 11.3. The van der Waals surface area contributed by atoms with Gasteiger partial charge in [0.2, 0.25) is 0 Å². The molecule has 0 aromatic carbocycles. The molecular formula is C20H26O8S. The minimum atomic E-state index is -1.63. The third kappa shape index (κ3) is 2.17. The topological polar surface area (TPSA) is 123 Å². The maximum absolute atomic E-state index is 12.8. The van der Waals surface area contributed by atoms with Crippen LogP contribution in [0.4, 0.5) is 0 Å². The zero-order valence-electron chi connectivity index (χ0n) is 16.8. The summed E-state index contributed by atoms with van der Waals surface area (Å²) < 4.78 is 29.3. The molecule has 4 fully saturated rings. The lowest BCUT2D eigenvalue weighted by atomic mass is 9.46. The summed E-state index contributed by atoms with van der Waals surface area (Å²) in [4.78, 5) is 25.4. The van der Waals surface area contributed by atoms with E-state index in [1.54, 1.807) is 0 Å². The van der Waals surface area contributed by atoms with E-state index < -0.39 is 63.2 Å². The van der Waals surface area contributed by atoms with Gasteiger partial charge in [-0.1, -0.05) is 6.92 Å². The summed E-state index contributed by atoms with van der Waals surface area (Å²) in [6, 6.07) is 0. The van der Waals surface area contributed by atoms with E-state index in [4.69, 9.17) is 14.2 Å². The van der Waals surface area contributed by atoms with Crippen LogP contribution < -0.4 is 0 Å². The number of carbonyl (C=O) groups excluding carboxylic acids is 2. The normalized spacial score (nSPS) is 52.8. The summed E-state index contributed by atoms with van der Waals surface area (Å²) in [5.41, 5.74) is -4.00. The molecule has 2 N–H and O–H groups in total. The van der Waals surface area contributed by atoms with Crippen molar-refractivity contribution in [3.8, 4) is 0 Å². The maximum atomic E-state index is 12.8. The van der Waals surface area contributed by atoms with Gasteiger partial charge in [-0.05, 0) is 32.3 Å². The van der Waals surface area contributed by atoms with E-state index in [0.29, 0.717) is 18.4 Å². The van der Waals surface area contributed by atoms with Crippen LogP contribution >= 0.6 is 0 Å². The molecule has 0 aromatic heterocycles. The lowest BCUT2D eigenvalue weighted by Crippen LogP contribution is -2.67. The monoisotopic (exact) mass is 426 g/mol. The number of hydrogen-bond donors (Lipinski definition) is 2. The largest absolute Gasteiger partial charge is 0.459 e. The van der Waals surface area contributed by atoms with E-state index in [0.717, 1.165) is 0 Å². The van der Waals surface area contributed by atoms with Gasteiger partial charge in [-0.25, -0.2) is 4.79 Å². The molecule has 2 saturated heterocycles. The number of hydrogen-bond acceptors (Lipinski definition) is 8. The fraction of sp³-hybridized carbons (Fsp3) is 0.800. The molecule has 0 unspecified atom stereocenters. The Labute approximate surface area is 171 Å². The Balaban J connectivity index is 1.69. The first-order valence-electron chi connectivity index (χ1n) is 9.91. The fourth-order valence-corrected chi connectivity index (χ4v) is 7.76. The molecule has 5 aliphatic rings. The smallest absolute Gasteiger partial charge is 0.331 e. The Bertz CT molecular complexity index is 882. The van der Waals surface area contributed by atoms with E-state index in [2.05, 4.69) is 0 Å². The highest BCUT2D eigenvalue weighted by Gasteiger charge is 2.85. The van der Waals surface area contributed by atoms with E-state index in [9.17, 15) is 24.0 Å². The lowest BCUT2D eigenvalue weighted by Gasteiger charge is -2.56. The predicted molar refractivity (Wildman–Crippen MR) is 99.9 cm³/mol. The molecule has 0 aromatic rings. The Morgan fingerprint density at radius 3 is 2.66 bits per heavy atom. The number of carbonyl (C=O) groups is 2. The standard InChI is InChI=1S/C20H26O8S/c1-17-6-5-10(21)19(3)9-7-11(22)26-15(18(2,24)8-29(4)25)20(9)14(28-20)12(13(17)19)27-16(17)23/h7,10,12-15,21,24H,5-6,8H2,1-4H3/t10-,12+,13+,14-,15-,17+,18+,19+,20+,29-/m1/s1. The van der Waals surface area contributed by atoms with Crippen LogP contribution in [0.15, 0.2) is 11.6 Å². The number of aliphatic hydroxyl groups excluding tert-OH is 1. The highest BCUT2D eigenvalue weighted by Crippen LogP contribution is 2.73. The Hall–Kier alpha value is -1.29. The molecule has 8 nitrogen and oxygen atoms in total. The third-order valence-electron chi connectivity index (χ3n) is 7.93. The van der Waals surface area contributed by atoms with Crippen molar-refractivity contribution in [3.05, 3.63) is 11.6 Å². The van der Waals surface area contributed by atoms with Crippen molar-refractivity contribution < 1.29 is 38.2 Å². The summed E-state index contributed by atoms with van der Waals surface area (Å²) in [6.07, 6.45) is 0.590. The number of rotatable bonds is 3. The van der Waals surface area contributed by atoms with Crippen LogP contribution in [0.2, 0.25) is 0 Å². The average molecular weight is 426 g/mol. The van der Waals surface area contributed by atoms with Gasteiger partial charge in [0, 0.05) is 34.5 Å². The summed E-state index contributed by atoms with van der Waals surface area (Å²) in [5.74, 6) is -1.42. The second-order valence-electron chi connectivity index (χ2n) is 9.88. The van der Waals surface area contributed by atoms with Crippen LogP contribution in [0.1, 0.15) is 33.6 Å². The molecule has 29 heavy (non-hydrogen) atoms. The minimum absolute atomic E-state index is 0.110. The van der Waals surface area contributed by atoms with Gasteiger partial charge in [0.05, 0.1) is 17.3 Å². The maximum Gasteiger partial charge on any atom is 0.331 e. The van der Waals surface area contributed by atoms with E-state index in [1.807, 2.05) is 13.8 Å². The minimum Gasteiger partial charge on any atom is -0.459 e. The molecule has 2 saturated carbocycles. The Kier molecular flexibility index (Phi) is 3.72. The highest BCUT2D eigenvalue weighted by molar-refractivity contribution is 7.84. The van der Waals surface area contributed by atoms with Crippen LogP contribution in [0.25, 0.3) is 0 Å². The van der Waals surface area contributed by atoms with E-state index in [-0.39, 0.29) is 17.6 Å². The number of esters is 2. The van der Waals surface area contributed by atoms with Gasteiger partial charge in [-0.2, -0.15) is 0 Å². The van der Waals surface area contributed by atoms with Gasteiger partial charge in [-0.15, -0.1) is 0 Å². The zero-order chi connectivity index (χ0) is 21.1. The molecule has 1 spiro atoms. The van der Waals surface area contributed by atoms with E-state index in [1.165, 1.54) is 19.3 Å². The number of fused-ring (bicyclic) bond motifs is 2. The quantitative estimate of drug-likeness (QED) is 0.471. The summed E-state index contributed by atoms with van der Waals surface area (Å²) in [5, 5.41) is 22.2. The molecule has 2 aliphatic carbocycles. The number of ether oxygens (including phenoxy) is 3. The molecule has 0 amide bonds. The van der Waals surface area contributed by atoms with Gasteiger partial charge in [0.15, 0.2) is 11.7 Å². The van der Waals surface area contributed by atoms with Crippen molar-refractivity contribution in [2.24, 2.45) is 16.7 Å². The zero-order valence-corrected chi connectivity index (χ0v) is 17.7. The molecule has 10 atom stereocenters. The highest BCUT2D eigenvalue weighted by atomic mass is 32.2. The molecular weight excluding hydrogens is 400 g/mol. The van der Waals surface area contributed by atoms with Crippen molar-refractivity contribution in [2.45, 2.75) is 69.2 Å². The summed E-state index contributed by atoms with van der Waals surface area (Å²) in [7, 11) is -1.35. The number of cyclic esters (lactones) is 1. The molecule has 0 bridgehead atoms. The predicted octanol–water partition coefficient (Wildman–Crippen LogP) is -0.172. The SMILES string of the molecule is C[S@@](=O)C[C@](C)(O)[C@H]1OC(=O)C=C2[C@@]3(C)[C@H](O)CC[C@]4(C)C(=O)O[C@H]([C@H]5O[C@@]251)[C@H]34. The van der Waals surface area contributed by atoms with Crippen LogP contribution in [0.5, 0.6) is 0 Å². The van der Waals surface area contributed by atoms with Crippen LogP contribution in [0, 0.1) is 16.7 Å². The Morgan fingerprint density at radius 1 is 1.31 bits per heavy atom. The van der Waals surface area contributed by atoms with Crippen LogP contribution in [-0.4, -0.2) is 74.0 Å². The summed E-state index contributed by atoms with van der Waals surface area (Å²) >= 11 is 0. The second kappa shape index (κ2) is 5.49. The van der Waals surface area contributed by atoms with Gasteiger partial charge >= 0.3 is 11.9 Å². The van der Waals surface area contributed by atoms with E-state index >= 15 is 0 Å². The van der Waals surface area contributed by atoms with Gasteiger partial charge in [0.1, 0.15) is 17.8 Å². The Morgan fingerprint density at radius 2 is 2.00 bits per heavy atom. The van der Waals surface area contributed by atoms with Gasteiger partial charge < -0.3 is 24.4 Å². The molecule has 3 heterocycles. The lowest BCUT2D eigenvalue weighted by molar-refractivity contribution is -0.172. The van der Waals surface area contributed by atoms with Crippen LogP contribution in [-0.2, 0) is 34.6 Å². The first-order chi connectivity index (χ1) is 13.4. The third-order valence-corrected chi connectivity index (χ3v) is 8.92. The van der Waals surface area contributed by atoms with Crippen molar-refractivity contribution in [1.29, 1.82) is 0 Å². The average Bonchev–Trinajstić information content (AvgIpc) is 3.27. The number of aliphatic hydroxyl groups is 2. The molecule has 160 valence electrons. The molecule has 3 aliphatic heterocycles. The van der Waals surface area contributed by atoms with Gasteiger partial charge in [0.25, 0.3) is 0 Å². The first-order valence-corrected chi connectivity index (χ1v) is 11.6. The number of epoxide rings is 1. The molecule has 0 radical (unpaired) electrons. The summed E-state index contributed by atoms with van der Waals surface area (Å²) in [6.45, 7) is 5.18. The van der Waals surface area contributed by atoms with Crippen LogP contribution in [0.3, 0.4) is 0 Å². The van der Waals surface area contributed by atoms with Crippen molar-refractivity contribution in [3.63, 3.8) is 0 Å². The van der Waals surface area contributed by atoms with Gasteiger partial charge in [-0.3, -0.25) is 9.00 Å². The molecule has 9 heteroatoms.